The van der Waals surface area contributed by atoms with Crippen molar-refractivity contribution >= 4 is 15.9 Å². The third-order valence-corrected chi connectivity index (χ3v) is 6.09. The molecule has 0 saturated carbocycles. The third kappa shape index (κ3) is 4.61. The summed E-state index contributed by atoms with van der Waals surface area (Å²) >= 11 is 0. The molecule has 0 unspecified atom stereocenters. The van der Waals surface area contributed by atoms with Gasteiger partial charge in [0.2, 0.25) is 10.0 Å². The maximum atomic E-state index is 12.9. The minimum absolute atomic E-state index is 0.222. The lowest BCUT2D eigenvalue weighted by Crippen LogP contribution is -2.66. The number of benzene rings is 1. The number of amides is 1. The van der Waals surface area contributed by atoms with E-state index in [2.05, 4.69) is 11.8 Å². The lowest BCUT2D eigenvalue weighted by molar-refractivity contribution is -0.154. The summed E-state index contributed by atoms with van der Waals surface area (Å²) < 4.78 is 31.8. The number of β-amino-alcohol motifs (C(OH)–C–C–N with tert-alkyl or cyclic N) is 1. The first-order chi connectivity index (χ1) is 13.2. The third-order valence-electron chi connectivity index (χ3n) is 4.23. The van der Waals surface area contributed by atoms with Crippen molar-refractivity contribution in [1.82, 2.24) is 9.79 Å². The Balaban J connectivity index is 2.27. The number of piperidine rings is 1. The van der Waals surface area contributed by atoms with E-state index in [1.165, 1.54) is 29.7 Å². The molecular formula is C17H22N2O8S. The van der Waals surface area contributed by atoms with Gasteiger partial charge in [0.15, 0.2) is 0 Å². The van der Waals surface area contributed by atoms with E-state index in [1.54, 1.807) is 6.92 Å². The summed E-state index contributed by atoms with van der Waals surface area (Å²) in [4.78, 5) is 11.7. The Hall–Kier alpha value is -2.20. The summed E-state index contributed by atoms with van der Waals surface area (Å²) in [5, 5.41) is 38.5. The van der Waals surface area contributed by atoms with Gasteiger partial charge in [0.1, 0.15) is 24.0 Å². The fourth-order valence-corrected chi connectivity index (χ4v) is 4.40. The second-order valence-electron chi connectivity index (χ2n) is 6.04. The van der Waals surface area contributed by atoms with E-state index >= 15 is 0 Å². The Morgan fingerprint density at radius 2 is 1.89 bits per heavy atom. The summed E-state index contributed by atoms with van der Waals surface area (Å²) in [5.41, 5.74) is 1.27. The van der Waals surface area contributed by atoms with Crippen LogP contribution in [0.5, 0.6) is 5.75 Å². The van der Waals surface area contributed by atoms with Gasteiger partial charge in [-0.25, -0.2) is 13.9 Å². The summed E-state index contributed by atoms with van der Waals surface area (Å²) in [6.07, 6.45) is -4.79. The number of nitrogens with one attached hydrogen (secondary N) is 1. The number of hydrogen-bond donors (Lipinski definition) is 5. The number of nitrogens with zero attached hydrogens (tertiary/aromatic N) is 1. The molecular weight excluding hydrogens is 392 g/mol. The normalized spacial score (nSPS) is 25.5. The van der Waals surface area contributed by atoms with E-state index in [0.29, 0.717) is 23.1 Å². The number of hydroxylamine groups is 1. The minimum atomic E-state index is -4.35. The van der Waals surface area contributed by atoms with Crippen molar-refractivity contribution in [3.8, 4) is 17.6 Å². The van der Waals surface area contributed by atoms with Crippen LogP contribution >= 0.6 is 0 Å². The van der Waals surface area contributed by atoms with Crippen LogP contribution in [0.3, 0.4) is 0 Å². The number of aliphatic hydroxyl groups excluding tert-OH is 3. The predicted octanol–water partition coefficient (Wildman–Crippen LogP) is -1.56. The molecule has 5 N–H and O–H groups in total. The van der Waals surface area contributed by atoms with Gasteiger partial charge in [-0.05, 0) is 31.2 Å². The molecule has 11 heteroatoms. The van der Waals surface area contributed by atoms with Gasteiger partial charge in [-0.3, -0.25) is 10.0 Å². The molecule has 1 aromatic rings. The average Bonchev–Trinajstić information content (AvgIpc) is 2.69. The molecule has 1 aromatic carbocycles. The van der Waals surface area contributed by atoms with E-state index in [9.17, 15) is 28.5 Å². The zero-order chi connectivity index (χ0) is 20.9. The Kier molecular flexibility index (Phi) is 7.36. The molecule has 10 nitrogen and oxygen atoms in total. The molecule has 28 heavy (non-hydrogen) atoms. The van der Waals surface area contributed by atoms with Crippen LogP contribution in [0.25, 0.3) is 0 Å². The van der Waals surface area contributed by atoms with Gasteiger partial charge in [-0.2, -0.15) is 4.31 Å². The summed E-state index contributed by atoms with van der Waals surface area (Å²) in [5.74, 6) is 4.73. The highest BCUT2D eigenvalue weighted by Crippen LogP contribution is 2.27. The molecule has 0 bridgehead atoms. The zero-order valence-corrected chi connectivity index (χ0v) is 15.8. The van der Waals surface area contributed by atoms with Gasteiger partial charge >= 0.3 is 0 Å². The van der Waals surface area contributed by atoms with Crippen molar-refractivity contribution in [1.29, 1.82) is 0 Å². The fourth-order valence-electron chi connectivity index (χ4n) is 2.78. The maximum Gasteiger partial charge on any atom is 0.264 e. The summed E-state index contributed by atoms with van der Waals surface area (Å²) in [6.45, 7) is 1.39. The first-order valence-corrected chi connectivity index (χ1v) is 9.80. The molecule has 0 radical (unpaired) electrons. The highest BCUT2D eigenvalue weighted by Gasteiger charge is 2.50. The lowest BCUT2D eigenvalue weighted by atomic mass is 9.96. The Morgan fingerprint density at radius 3 is 2.46 bits per heavy atom. The highest BCUT2D eigenvalue weighted by molar-refractivity contribution is 7.89. The van der Waals surface area contributed by atoms with Gasteiger partial charge < -0.3 is 20.1 Å². The smallest absolute Gasteiger partial charge is 0.264 e. The Labute approximate surface area is 162 Å². The number of carbonyl (C=O) groups is 1. The molecule has 4 atom stereocenters. The molecule has 0 aliphatic carbocycles. The number of hydrogen-bond acceptors (Lipinski definition) is 8. The molecule has 0 aromatic heterocycles. The zero-order valence-electron chi connectivity index (χ0n) is 15.0. The van der Waals surface area contributed by atoms with E-state index in [4.69, 9.17) is 9.94 Å². The van der Waals surface area contributed by atoms with Gasteiger partial charge in [0.05, 0.1) is 17.6 Å². The first kappa shape index (κ1) is 22.1. The predicted molar refractivity (Wildman–Crippen MR) is 95.6 cm³/mol. The van der Waals surface area contributed by atoms with Crippen LogP contribution < -0.4 is 10.2 Å². The number of rotatable bonds is 6. The summed E-state index contributed by atoms with van der Waals surface area (Å²) in [7, 11) is -4.35. The molecule has 1 aliphatic heterocycles. The second kappa shape index (κ2) is 9.33. The molecule has 154 valence electrons. The number of ether oxygens (including phenoxy) is 1. The fraction of sp³-hybridized carbons (Fsp3) is 0.471. The molecule has 1 fully saturated rings. The second-order valence-corrected chi connectivity index (χ2v) is 7.93. The molecule has 0 spiro atoms. The van der Waals surface area contributed by atoms with E-state index in [1.807, 2.05) is 0 Å². The van der Waals surface area contributed by atoms with Crippen LogP contribution in [0.15, 0.2) is 29.2 Å². The van der Waals surface area contributed by atoms with Crippen LogP contribution in [0.2, 0.25) is 0 Å². The van der Waals surface area contributed by atoms with Crippen LogP contribution in [0.1, 0.15) is 13.3 Å². The molecule has 1 aliphatic rings. The SMILES string of the molecule is CC#CCCOc1ccc(S(=O)(=O)N2C[C@@H](O)[C@@H](O)[C@H](O)[C@@H]2C(=O)NO)cc1. The van der Waals surface area contributed by atoms with E-state index < -0.39 is 46.8 Å². The van der Waals surface area contributed by atoms with Gasteiger partial charge in [-0.1, -0.05) is 0 Å². The van der Waals surface area contributed by atoms with Crippen LogP contribution in [0, 0.1) is 11.8 Å². The molecule has 1 heterocycles. The average molecular weight is 414 g/mol. The van der Waals surface area contributed by atoms with E-state index in [-0.39, 0.29) is 4.90 Å². The quantitative estimate of drug-likeness (QED) is 0.162. The van der Waals surface area contributed by atoms with Crippen molar-refractivity contribution in [3.05, 3.63) is 24.3 Å². The summed E-state index contributed by atoms with van der Waals surface area (Å²) in [6, 6.07) is 3.50. The maximum absolute atomic E-state index is 12.9. The monoisotopic (exact) mass is 414 g/mol. The lowest BCUT2D eigenvalue weighted by Gasteiger charge is -2.41. The Morgan fingerprint density at radius 1 is 1.25 bits per heavy atom. The van der Waals surface area contributed by atoms with Crippen LogP contribution in [-0.4, -0.2) is 76.7 Å². The van der Waals surface area contributed by atoms with Crippen molar-refractivity contribution in [2.45, 2.75) is 42.6 Å². The van der Waals surface area contributed by atoms with Gasteiger partial charge in [0.25, 0.3) is 5.91 Å². The van der Waals surface area contributed by atoms with Crippen LogP contribution in [0.4, 0.5) is 0 Å². The van der Waals surface area contributed by atoms with Crippen molar-refractivity contribution < 1.29 is 38.5 Å². The largest absolute Gasteiger partial charge is 0.493 e. The first-order valence-electron chi connectivity index (χ1n) is 8.36. The molecule has 2 rings (SSSR count). The highest BCUT2D eigenvalue weighted by atomic mass is 32.2. The van der Waals surface area contributed by atoms with Crippen molar-refractivity contribution in [2.24, 2.45) is 0 Å². The topological polar surface area (TPSA) is 157 Å². The van der Waals surface area contributed by atoms with Crippen molar-refractivity contribution in [3.63, 3.8) is 0 Å². The minimum Gasteiger partial charge on any atom is -0.493 e. The molecule has 1 amide bonds. The number of aliphatic hydroxyl groups is 3. The number of sulfonamides is 1. The van der Waals surface area contributed by atoms with E-state index in [0.717, 1.165) is 0 Å². The van der Waals surface area contributed by atoms with Gasteiger partial charge in [0, 0.05) is 13.0 Å². The van der Waals surface area contributed by atoms with Crippen LogP contribution in [-0.2, 0) is 14.8 Å². The number of carbonyl (C=O) groups excluding carboxylic acids is 1. The standard InChI is InChI=1S/C17H22N2O8S/c1-2-3-4-9-27-11-5-7-12(8-6-11)28(25,26)19-10-13(20)15(21)16(22)14(19)17(23)18-24/h5-8,13-16,20-22,24H,4,9-10H2,1H3,(H,18,23)/t13-,14-,15-,16-/m1/s1. The van der Waals surface area contributed by atoms with Crippen molar-refractivity contribution in [2.75, 3.05) is 13.2 Å². The van der Waals surface area contributed by atoms with Gasteiger partial charge in [-0.15, -0.1) is 11.8 Å². The molecule has 1 saturated heterocycles. The Bertz CT molecular complexity index is 846.